The lowest BCUT2D eigenvalue weighted by Gasteiger charge is -2.33. The van der Waals surface area contributed by atoms with Gasteiger partial charge in [-0.2, -0.15) is 0 Å². The second-order valence-electron chi connectivity index (χ2n) is 5.02. The van der Waals surface area contributed by atoms with Crippen LogP contribution in [0.4, 0.5) is 11.4 Å². The minimum atomic E-state index is -0.104. The normalized spacial score (nSPS) is 10.7. The topological polar surface area (TPSA) is 78.6 Å². The quantitative estimate of drug-likeness (QED) is 0.641. The van der Waals surface area contributed by atoms with Crippen molar-refractivity contribution in [2.75, 3.05) is 30.3 Å². The van der Waals surface area contributed by atoms with Crippen molar-refractivity contribution in [1.82, 2.24) is 5.32 Å². The predicted molar refractivity (Wildman–Crippen MR) is 87.7 cm³/mol. The van der Waals surface area contributed by atoms with Gasteiger partial charge in [0.1, 0.15) is 0 Å². The van der Waals surface area contributed by atoms with Crippen LogP contribution in [0.1, 0.15) is 44.0 Å². The maximum atomic E-state index is 12.0. The number of aliphatic hydroxyl groups is 1. The van der Waals surface area contributed by atoms with Gasteiger partial charge < -0.3 is 21.1 Å². The Balaban J connectivity index is 3.17. The van der Waals surface area contributed by atoms with E-state index in [1.54, 1.807) is 12.1 Å². The summed E-state index contributed by atoms with van der Waals surface area (Å²) in [5, 5.41) is 12.1. The van der Waals surface area contributed by atoms with Crippen LogP contribution < -0.4 is 16.0 Å². The number of carbonyl (C=O) groups is 1. The average molecular weight is 293 g/mol. The SMILES string of the molecule is CCNC(=O)c1ccc(N)c(N(CCO)C(CC)CC)c1. The molecule has 0 aliphatic heterocycles. The number of amides is 1. The first-order valence-electron chi connectivity index (χ1n) is 7.64. The number of carbonyl (C=O) groups excluding carboxylic acids is 1. The minimum absolute atomic E-state index is 0.0569. The molecule has 0 atom stereocenters. The Morgan fingerprint density at radius 1 is 1.33 bits per heavy atom. The molecule has 1 amide bonds. The molecular formula is C16H27N3O2. The van der Waals surface area contributed by atoms with E-state index in [1.165, 1.54) is 0 Å². The molecule has 0 fully saturated rings. The first kappa shape index (κ1) is 17.3. The van der Waals surface area contributed by atoms with Gasteiger partial charge in [-0.25, -0.2) is 0 Å². The van der Waals surface area contributed by atoms with Gasteiger partial charge in [-0.3, -0.25) is 4.79 Å². The number of nitrogens with zero attached hydrogens (tertiary/aromatic N) is 1. The number of anilines is 2. The third kappa shape index (κ3) is 4.36. The van der Waals surface area contributed by atoms with Gasteiger partial charge in [0.15, 0.2) is 0 Å². The van der Waals surface area contributed by atoms with E-state index in [2.05, 4.69) is 24.1 Å². The molecule has 0 heterocycles. The van der Waals surface area contributed by atoms with Gasteiger partial charge in [0.2, 0.25) is 0 Å². The van der Waals surface area contributed by atoms with Crippen LogP contribution in [0.5, 0.6) is 0 Å². The number of rotatable bonds is 8. The molecule has 1 aromatic carbocycles. The van der Waals surface area contributed by atoms with E-state index < -0.39 is 0 Å². The summed E-state index contributed by atoms with van der Waals surface area (Å²) in [7, 11) is 0. The van der Waals surface area contributed by atoms with E-state index in [-0.39, 0.29) is 12.5 Å². The number of nitrogen functional groups attached to an aromatic ring is 1. The molecule has 5 nitrogen and oxygen atoms in total. The third-order valence-electron chi connectivity index (χ3n) is 3.66. The summed E-state index contributed by atoms with van der Waals surface area (Å²) in [6.07, 6.45) is 1.92. The molecule has 5 heteroatoms. The van der Waals surface area contributed by atoms with Crippen molar-refractivity contribution >= 4 is 17.3 Å². The largest absolute Gasteiger partial charge is 0.397 e. The number of benzene rings is 1. The molecule has 0 saturated carbocycles. The van der Waals surface area contributed by atoms with Crippen LogP contribution in [0.2, 0.25) is 0 Å². The molecule has 0 aliphatic carbocycles. The van der Waals surface area contributed by atoms with Gasteiger partial charge >= 0.3 is 0 Å². The van der Waals surface area contributed by atoms with Gasteiger partial charge in [0.05, 0.1) is 18.0 Å². The molecule has 0 saturated heterocycles. The van der Waals surface area contributed by atoms with Crippen molar-refractivity contribution in [3.8, 4) is 0 Å². The lowest BCUT2D eigenvalue weighted by atomic mass is 10.1. The number of nitrogens with one attached hydrogen (secondary N) is 1. The molecule has 0 radical (unpaired) electrons. The van der Waals surface area contributed by atoms with Crippen LogP contribution in [-0.4, -0.2) is 36.8 Å². The molecule has 118 valence electrons. The van der Waals surface area contributed by atoms with E-state index >= 15 is 0 Å². The summed E-state index contributed by atoms with van der Waals surface area (Å²) in [6.45, 7) is 7.27. The Kier molecular flexibility index (Phi) is 7.02. The highest BCUT2D eigenvalue weighted by Gasteiger charge is 2.19. The van der Waals surface area contributed by atoms with E-state index in [4.69, 9.17) is 5.73 Å². The monoisotopic (exact) mass is 293 g/mol. The van der Waals surface area contributed by atoms with Crippen molar-refractivity contribution in [2.45, 2.75) is 39.7 Å². The zero-order valence-electron chi connectivity index (χ0n) is 13.2. The smallest absolute Gasteiger partial charge is 0.251 e. The first-order chi connectivity index (χ1) is 10.1. The number of hydrogen-bond donors (Lipinski definition) is 3. The van der Waals surface area contributed by atoms with Crippen molar-refractivity contribution in [2.24, 2.45) is 0 Å². The lowest BCUT2D eigenvalue weighted by molar-refractivity contribution is 0.0956. The molecule has 4 N–H and O–H groups in total. The van der Waals surface area contributed by atoms with Gasteiger partial charge in [0, 0.05) is 24.7 Å². The average Bonchev–Trinajstić information content (AvgIpc) is 2.48. The fourth-order valence-electron chi connectivity index (χ4n) is 2.53. The van der Waals surface area contributed by atoms with Crippen LogP contribution in [0.15, 0.2) is 18.2 Å². The van der Waals surface area contributed by atoms with Crippen molar-refractivity contribution in [3.63, 3.8) is 0 Å². The number of aliphatic hydroxyl groups excluding tert-OH is 1. The molecule has 21 heavy (non-hydrogen) atoms. The Bertz CT molecular complexity index is 459. The van der Waals surface area contributed by atoms with Gasteiger partial charge in [-0.15, -0.1) is 0 Å². The van der Waals surface area contributed by atoms with Crippen molar-refractivity contribution in [1.29, 1.82) is 0 Å². The van der Waals surface area contributed by atoms with E-state index in [9.17, 15) is 9.90 Å². The molecular weight excluding hydrogens is 266 g/mol. The van der Waals surface area contributed by atoms with Crippen LogP contribution in [-0.2, 0) is 0 Å². The molecule has 0 aliphatic rings. The summed E-state index contributed by atoms with van der Waals surface area (Å²) in [5.74, 6) is -0.104. The van der Waals surface area contributed by atoms with Gasteiger partial charge in [-0.05, 0) is 38.0 Å². The molecule has 1 rings (SSSR count). The zero-order chi connectivity index (χ0) is 15.8. The maximum Gasteiger partial charge on any atom is 0.251 e. The molecule has 0 bridgehead atoms. The highest BCUT2D eigenvalue weighted by atomic mass is 16.3. The van der Waals surface area contributed by atoms with Gasteiger partial charge in [0.25, 0.3) is 5.91 Å². The summed E-state index contributed by atoms with van der Waals surface area (Å²) in [6, 6.07) is 5.60. The highest BCUT2D eigenvalue weighted by molar-refractivity contribution is 5.96. The summed E-state index contributed by atoms with van der Waals surface area (Å²) in [4.78, 5) is 14.1. The zero-order valence-corrected chi connectivity index (χ0v) is 13.2. The summed E-state index contributed by atoms with van der Waals surface area (Å²) >= 11 is 0. The van der Waals surface area contributed by atoms with Crippen LogP contribution in [0.3, 0.4) is 0 Å². The van der Waals surface area contributed by atoms with Crippen LogP contribution >= 0.6 is 0 Å². The molecule has 0 unspecified atom stereocenters. The molecule has 1 aromatic rings. The molecule has 0 spiro atoms. The first-order valence-corrected chi connectivity index (χ1v) is 7.64. The number of nitrogens with two attached hydrogens (primary N) is 1. The second-order valence-corrected chi connectivity index (χ2v) is 5.02. The fraction of sp³-hybridized carbons (Fsp3) is 0.562. The number of hydrogen-bond acceptors (Lipinski definition) is 4. The van der Waals surface area contributed by atoms with Crippen LogP contribution in [0.25, 0.3) is 0 Å². The summed E-state index contributed by atoms with van der Waals surface area (Å²) in [5.41, 5.74) is 8.13. The summed E-state index contributed by atoms with van der Waals surface area (Å²) < 4.78 is 0. The van der Waals surface area contributed by atoms with Crippen molar-refractivity contribution < 1.29 is 9.90 Å². The van der Waals surface area contributed by atoms with E-state index in [0.29, 0.717) is 30.4 Å². The van der Waals surface area contributed by atoms with Crippen LogP contribution in [0, 0.1) is 0 Å². The minimum Gasteiger partial charge on any atom is -0.397 e. The van der Waals surface area contributed by atoms with E-state index in [1.807, 2.05) is 13.0 Å². The fourth-order valence-corrected chi connectivity index (χ4v) is 2.53. The predicted octanol–water partition coefficient (Wildman–Crippen LogP) is 2.01. The Hall–Kier alpha value is -1.75. The lowest BCUT2D eigenvalue weighted by Crippen LogP contribution is -2.37. The van der Waals surface area contributed by atoms with E-state index in [0.717, 1.165) is 18.5 Å². The standard InChI is InChI=1S/C16H27N3O2/c1-4-13(5-2)19(9-10-20)15-11-12(7-8-14(15)17)16(21)18-6-3/h7-8,11,13,20H,4-6,9-10,17H2,1-3H3,(H,18,21). The maximum absolute atomic E-state index is 12.0. The van der Waals surface area contributed by atoms with Crippen molar-refractivity contribution in [3.05, 3.63) is 23.8 Å². The highest BCUT2D eigenvalue weighted by Crippen LogP contribution is 2.28. The Labute approximate surface area is 127 Å². The Morgan fingerprint density at radius 2 is 2.00 bits per heavy atom. The molecule has 0 aromatic heterocycles. The van der Waals surface area contributed by atoms with Gasteiger partial charge in [-0.1, -0.05) is 13.8 Å². The third-order valence-corrected chi connectivity index (χ3v) is 3.66. The second kappa shape index (κ2) is 8.52. The Morgan fingerprint density at radius 3 is 2.52 bits per heavy atom.